The number of anilines is 1. The summed E-state index contributed by atoms with van der Waals surface area (Å²) in [5, 5.41) is 6.51. The Kier molecular flexibility index (Phi) is 5.75. The molecule has 29 heavy (non-hydrogen) atoms. The zero-order chi connectivity index (χ0) is 20.3. The van der Waals surface area contributed by atoms with Gasteiger partial charge in [0.05, 0.1) is 11.4 Å². The predicted octanol–water partition coefficient (Wildman–Crippen LogP) is 5.18. The number of rotatable bonds is 7. The van der Waals surface area contributed by atoms with Gasteiger partial charge in [-0.15, -0.1) is 23.1 Å². The van der Waals surface area contributed by atoms with Gasteiger partial charge in [0.25, 0.3) is 10.0 Å². The summed E-state index contributed by atoms with van der Waals surface area (Å²) in [5.74, 6) is 0. The van der Waals surface area contributed by atoms with Gasteiger partial charge < -0.3 is 0 Å². The lowest BCUT2D eigenvalue weighted by Crippen LogP contribution is -2.13. The van der Waals surface area contributed by atoms with Crippen LogP contribution < -0.4 is 4.72 Å². The van der Waals surface area contributed by atoms with Crippen molar-refractivity contribution in [1.82, 2.24) is 9.78 Å². The molecule has 0 radical (unpaired) electrons. The molecule has 0 amide bonds. The Balaban J connectivity index is 1.72. The first-order chi connectivity index (χ1) is 14.0. The molecular weight excluding hydrogens is 422 g/mol. The molecule has 2 heterocycles. The SMILES string of the molecule is CSc1cccc(NS(=O)(=O)c2cn(Cc3ccccc3)nc2-c2cccs2)c1. The molecule has 2 aromatic carbocycles. The number of benzene rings is 2. The van der Waals surface area contributed by atoms with Crippen LogP contribution in [-0.4, -0.2) is 24.5 Å². The minimum Gasteiger partial charge on any atom is -0.279 e. The van der Waals surface area contributed by atoms with Gasteiger partial charge in [-0.3, -0.25) is 9.40 Å². The average Bonchev–Trinajstić information content (AvgIpc) is 3.38. The number of nitrogens with zero attached hydrogens (tertiary/aromatic N) is 2. The fourth-order valence-corrected chi connectivity index (χ4v) is 5.39. The summed E-state index contributed by atoms with van der Waals surface area (Å²) in [4.78, 5) is 1.98. The second-order valence-corrected chi connectivity index (χ2v) is 9.82. The number of sulfonamides is 1. The summed E-state index contributed by atoms with van der Waals surface area (Å²) < 4.78 is 30.8. The van der Waals surface area contributed by atoms with Gasteiger partial charge in [0, 0.05) is 16.8 Å². The van der Waals surface area contributed by atoms with Crippen LogP contribution in [0.2, 0.25) is 0 Å². The van der Waals surface area contributed by atoms with Gasteiger partial charge in [-0.25, -0.2) is 8.42 Å². The largest absolute Gasteiger partial charge is 0.279 e. The molecule has 8 heteroatoms. The smallest absolute Gasteiger partial charge is 0.265 e. The topological polar surface area (TPSA) is 64.0 Å². The lowest BCUT2D eigenvalue weighted by atomic mass is 10.2. The Morgan fingerprint density at radius 3 is 2.62 bits per heavy atom. The van der Waals surface area contributed by atoms with Crippen LogP contribution >= 0.6 is 23.1 Å². The Bertz CT molecular complexity index is 1200. The molecule has 2 aromatic heterocycles. The zero-order valence-corrected chi connectivity index (χ0v) is 18.1. The van der Waals surface area contributed by atoms with Gasteiger partial charge in [-0.05, 0) is 41.5 Å². The molecule has 4 rings (SSSR count). The molecule has 4 aromatic rings. The van der Waals surface area contributed by atoms with Crippen molar-refractivity contribution in [3.8, 4) is 10.6 Å². The number of nitrogens with one attached hydrogen (secondary N) is 1. The quantitative estimate of drug-likeness (QED) is 0.401. The van der Waals surface area contributed by atoms with Crippen LogP contribution in [0.15, 0.2) is 88.1 Å². The van der Waals surface area contributed by atoms with E-state index in [1.165, 1.54) is 11.3 Å². The van der Waals surface area contributed by atoms with Crippen LogP contribution in [0.1, 0.15) is 5.56 Å². The van der Waals surface area contributed by atoms with Crippen molar-refractivity contribution in [1.29, 1.82) is 0 Å². The number of hydrogen-bond acceptors (Lipinski definition) is 5. The van der Waals surface area contributed by atoms with Crippen molar-refractivity contribution in [2.75, 3.05) is 11.0 Å². The molecule has 0 saturated carbocycles. The zero-order valence-electron chi connectivity index (χ0n) is 15.6. The molecule has 0 unspecified atom stereocenters. The fourth-order valence-electron chi connectivity index (χ4n) is 2.93. The molecule has 0 spiro atoms. The minimum absolute atomic E-state index is 0.172. The molecule has 0 atom stereocenters. The molecule has 148 valence electrons. The standard InChI is InChI=1S/C21H19N3O2S3/c1-27-18-10-5-9-17(13-18)23-29(25,26)20-15-24(14-16-7-3-2-4-8-16)22-21(20)19-11-6-12-28-19/h2-13,15,23H,14H2,1H3. The van der Waals surface area contributed by atoms with Crippen molar-refractivity contribution in [2.45, 2.75) is 16.3 Å². The van der Waals surface area contributed by atoms with Crippen molar-refractivity contribution < 1.29 is 8.42 Å². The molecule has 1 N–H and O–H groups in total. The first-order valence-electron chi connectivity index (χ1n) is 8.87. The van der Waals surface area contributed by atoms with Gasteiger partial charge in [0.2, 0.25) is 0 Å². The van der Waals surface area contributed by atoms with Crippen molar-refractivity contribution >= 4 is 38.8 Å². The number of thioether (sulfide) groups is 1. The van der Waals surface area contributed by atoms with E-state index in [9.17, 15) is 8.42 Å². The van der Waals surface area contributed by atoms with Gasteiger partial charge in [0.15, 0.2) is 0 Å². The van der Waals surface area contributed by atoms with E-state index < -0.39 is 10.0 Å². The van der Waals surface area contributed by atoms with Crippen molar-refractivity contribution in [3.05, 3.63) is 83.9 Å². The fraction of sp³-hybridized carbons (Fsp3) is 0.0952. The highest BCUT2D eigenvalue weighted by molar-refractivity contribution is 7.98. The Morgan fingerprint density at radius 1 is 1.07 bits per heavy atom. The van der Waals surface area contributed by atoms with E-state index in [0.717, 1.165) is 15.3 Å². The maximum atomic E-state index is 13.2. The van der Waals surface area contributed by atoms with Gasteiger partial charge in [-0.2, -0.15) is 5.10 Å². The third kappa shape index (κ3) is 4.55. The first-order valence-corrected chi connectivity index (χ1v) is 12.5. The normalized spacial score (nSPS) is 11.5. The van der Waals surface area contributed by atoms with Crippen LogP contribution in [0.4, 0.5) is 5.69 Å². The third-order valence-corrected chi connectivity index (χ3v) is 7.27. The van der Waals surface area contributed by atoms with Gasteiger partial charge in [-0.1, -0.05) is 42.5 Å². The van der Waals surface area contributed by atoms with Crippen molar-refractivity contribution in [3.63, 3.8) is 0 Å². The molecular formula is C21H19N3O2S3. The van der Waals surface area contributed by atoms with E-state index >= 15 is 0 Å². The highest BCUT2D eigenvalue weighted by Crippen LogP contribution is 2.31. The van der Waals surface area contributed by atoms with E-state index in [-0.39, 0.29) is 4.90 Å². The molecule has 5 nitrogen and oxygen atoms in total. The maximum Gasteiger partial charge on any atom is 0.265 e. The minimum atomic E-state index is -3.80. The van der Waals surface area contributed by atoms with Crippen LogP contribution in [0, 0.1) is 0 Å². The highest BCUT2D eigenvalue weighted by Gasteiger charge is 2.24. The monoisotopic (exact) mass is 441 g/mol. The number of thiophene rings is 1. The summed E-state index contributed by atoms with van der Waals surface area (Å²) in [5.41, 5.74) is 2.05. The summed E-state index contributed by atoms with van der Waals surface area (Å²) in [6, 6.07) is 21.0. The summed E-state index contributed by atoms with van der Waals surface area (Å²) >= 11 is 3.03. The molecule has 0 bridgehead atoms. The van der Waals surface area contributed by atoms with Crippen molar-refractivity contribution in [2.24, 2.45) is 0 Å². The Labute approximate surface area is 178 Å². The Morgan fingerprint density at radius 2 is 1.90 bits per heavy atom. The van der Waals surface area contributed by atoms with Crippen LogP contribution in [0.3, 0.4) is 0 Å². The van der Waals surface area contributed by atoms with Crippen LogP contribution in [0.25, 0.3) is 10.6 Å². The summed E-state index contributed by atoms with van der Waals surface area (Å²) in [6.45, 7) is 0.497. The van der Waals surface area contributed by atoms with E-state index in [1.54, 1.807) is 28.7 Å². The van der Waals surface area contributed by atoms with E-state index in [4.69, 9.17) is 0 Å². The molecule has 0 fully saturated rings. The lowest BCUT2D eigenvalue weighted by Gasteiger charge is -2.08. The molecule has 0 aliphatic heterocycles. The molecule has 0 aliphatic rings. The number of hydrogen-bond donors (Lipinski definition) is 1. The Hall–Kier alpha value is -2.55. The van der Waals surface area contributed by atoms with Crippen LogP contribution in [0.5, 0.6) is 0 Å². The summed E-state index contributed by atoms with van der Waals surface area (Å²) in [6.07, 6.45) is 3.55. The molecule has 0 aliphatic carbocycles. The van der Waals surface area contributed by atoms with E-state index in [0.29, 0.717) is 17.9 Å². The second kappa shape index (κ2) is 8.44. The predicted molar refractivity (Wildman–Crippen MR) is 120 cm³/mol. The maximum absolute atomic E-state index is 13.2. The average molecular weight is 442 g/mol. The molecule has 0 saturated heterocycles. The highest BCUT2D eigenvalue weighted by atomic mass is 32.2. The summed E-state index contributed by atoms with van der Waals surface area (Å²) in [7, 11) is -3.80. The van der Waals surface area contributed by atoms with Gasteiger partial charge >= 0.3 is 0 Å². The van der Waals surface area contributed by atoms with Crippen LogP contribution in [-0.2, 0) is 16.6 Å². The second-order valence-electron chi connectivity index (χ2n) is 6.34. The third-order valence-electron chi connectivity index (χ3n) is 4.28. The van der Waals surface area contributed by atoms with E-state index in [1.807, 2.05) is 72.3 Å². The van der Waals surface area contributed by atoms with E-state index in [2.05, 4.69) is 9.82 Å². The first kappa shape index (κ1) is 19.8. The van der Waals surface area contributed by atoms with Gasteiger partial charge in [0.1, 0.15) is 10.6 Å². The lowest BCUT2D eigenvalue weighted by molar-refractivity contribution is 0.601. The number of aromatic nitrogens is 2.